The summed E-state index contributed by atoms with van der Waals surface area (Å²) in [6, 6.07) is 10.3. The van der Waals surface area contributed by atoms with Crippen LogP contribution in [0.15, 0.2) is 30.3 Å². The van der Waals surface area contributed by atoms with Crippen molar-refractivity contribution < 1.29 is 9.47 Å². The van der Waals surface area contributed by atoms with Gasteiger partial charge in [-0.05, 0) is 47.7 Å². The topological polar surface area (TPSA) is 46.3 Å². The lowest BCUT2D eigenvalue weighted by atomic mass is 9.84. The molecule has 4 nitrogen and oxygen atoms in total. The van der Waals surface area contributed by atoms with Gasteiger partial charge in [0.2, 0.25) is 0 Å². The standard InChI is InChI=1S/C23H27ClN2O2/c1-23(2,3)17-12-19(27-4)16(11-20(17)28-5)21-22-14(8-9-25-21)15-10-13(24)6-7-18(15)26-22/h6-7,10-12,21,25-26H,8-9H2,1-5H3. The molecule has 2 N–H and O–H groups in total. The molecular weight excluding hydrogens is 372 g/mol. The summed E-state index contributed by atoms with van der Waals surface area (Å²) < 4.78 is 11.6. The van der Waals surface area contributed by atoms with E-state index in [0.717, 1.165) is 46.1 Å². The minimum absolute atomic E-state index is 0.00722. The highest BCUT2D eigenvalue weighted by Crippen LogP contribution is 2.42. The van der Waals surface area contributed by atoms with Gasteiger partial charge in [0.25, 0.3) is 0 Å². The second-order valence-electron chi connectivity index (χ2n) is 8.39. The Bertz CT molecular complexity index is 1030. The minimum atomic E-state index is -0.0415. The lowest BCUT2D eigenvalue weighted by Gasteiger charge is -2.29. The van der Waals surface area contributed by atoms with E-state index in [2.05, 4.69) is 49.3 Å². The first-order chi connectivity index (χ1) is 13.3. The second-order valence-corrected chi connectivity index (χ2v) is 8.83. The Labute approximate surface area is 171 Å². The van der Waals surface area contributed by atoms with Crippen molar-refractivity contribution in [2.45, 2.75) is 38.6 Å². The van der Waals surface area contributed by atoms with E-state index in [0.29, 0.717) is 0 Å². The summed E-state index contributed by atoms with van der Waals surface area (Å²) in [7, 11) is 3.46. The first-order valence-electron chi connectivity index (χ1n) is 9.63. The molecule has 0 saturated carbocycles. The number of ether oxygens (including phenoxy) is 2. The van der Waals surface area contributed by atoms with Crippen molar-refractivity contribution in [3.8, 4) is 11.5 Å². The van der Waals surface area contributed by atoms with E-state index in [1.807, 2.05) is 12.1 Å². The van der Waals surface area contributed by atoms with E-state index in [1.54, 1.807) is 14.2 Å². The SMILES string of the molecule is COc1cc(C(C)(C)C)c(OC)cc1C1NCCc2c1[nH]c1ccc(Cl)cc21. The summed E-state index contributed by atoms with van der Waals surface area (Å²) in [6.07, 6.45) is 0.964. The Hall–Kier alpha value is -2.17. The van der Waals surface area contributed by atoms with E-state index in [-0.39, 0.29) is 11.5 Å². The van der Waals surface area contributed by atoms with Crippen LogP contribution < -0.4 is 14.8 Å². The molecule has 0 spiro atoms. The number of methoxy groups -OCH3 is 2. The van der Waals surface area contributed by atoms with E-state index in [4.69, 9.17) is 21.1 Å². The molecule has 2 aromatic carbocycles. The van der Waals surface area contributed by atoms with Crippen molar-refractivity contribution in [1.29, 1.82) is 0 Å². The summed E-state index contributed by atoms with van der Waals surface area (Å²) in [5.41, 5.74) is 5.77. The fraction of sp³-hybridized carbons (Fsp3) is 0.391. The van der Waals surface area contributed by atoms with Gasteiger partial charge in [-0.3, -0.25) is 0 Å². The van der Waals surface area contributed by atoms with E-state index < -0.39 is 0 Å². The molecule has 1 aliphatic rings. The summed E-state index contributed by atoms with van der Waals surface area (Å²) >= 11 is 6.25. The van der Waals surface area contributed by atoms with Gasteiger partial charge in [-0.25, -0.2) is 0 Å². The third-order valence-electron chi connectivity index (χ3n) is 5.58. The number of benzene rings is 2. The Morgan fingerprint density at radius 3 is 2.46 bits per heavy atom. The van der Waals surface area contributed by atoms with Crippen LogP contribution in [-0.2, 0) is 11.8 Å². The monoisotopic (exact) mass is 398 g/mol. The van der Waals surface area contributed by atoms with Crippen molar-refractivity contribution in [3.63, 3.8) is 0 Å². The van der Waals surface area contributed by atoms with Gasteiger partial charge in [0.15, 0.2) is 0 Å². The number of fused-ring (bicyclic) bond motifs is 3. The van der Waals surface area contributed by atoms with Crippen LogP contribution in [0.2, 0.25) is 5.02 Å². The molecule has 0 amide bonds. The Kier molecular flexibility index (Phi) is 4.80. The third kappa shape index (κ3) is 3.15. The number of rotatable bonds is 3. The van der Waals surface area contributed by atoms with Crippen LogP contribution in [0.25, 0.3) is 10.9 Å². The molecule has 0 fully saturated rings. The van der Waals surface area contributed by atoms with Gasteiger partial charge in [0, 0.05) is 39.3 Å². The summed E-state index contributed by atoms with van der Waals surface area (Å²) in [6.45, 7) is 7.44. The molecule has 28 heavy (non-hydrogen) atoms. The number of nitrogens with one attached hydrogen (secondary N) is 2. The van der Waals surface area contributed by atoms with Gasteiger partial charge < -0.3 is 19.8 Å². The van der Waals surface area contributed by atoms with Crippen LogP contribution >= 0.6 is 11.6 Å². The van der Waals surface area contributed by atoms with Gasteiger partial charge >= 0.3 is 0 Å². The molecule has 0 radical (unpaired) electrons. The fourth-order valence-corrected chi connectivity index (χ4v) is 4.37. The van der Waals surface area contributed by atoms with Crippen LogP contribution in [0.5, 0.6) is 11.5 Å². The molecular formula is C23H27ClN2O2. The van der Waals surface area contributed by atoms with Crippen molar-refractivity contribution in [2.75, 3.05) is 20.8 Å². The highest BCUT2D eigenvalue weighted by Gasteiger charge is 2.30. The van der Waals surface area contributed by atoms with Crippen LogP contribution in [0.3, 0.4) is 0 Å². The average molecular weight is 399 g/mol. The molecule has 1 aliphatic heterocycles. The van der Waals surface area contributed by atoms with Crippen molar-refractivity contribution in [3.05, 3.63) is 57.7 Å². The highest BCUT2D eigenvalue weighted by molar-refractivity contribution is 6.31. The van der Waals surface area contributed by atoms with Crippen LogP contribution in [-0.4, -0.2) is 25.7 Å². The Balaban J connectivity index is 1.90. The molecule has 0 bridgehead atoms. The van der Waals surface area contributed by atoms with Crippen LogP contribution in [0.4, 0.5) is 0 Å². The first kappa shape index (κ1) is 19.2. The van der Waals surface area contributed by atoms with Gasteiger partial charge in [0.05, 0.1) is 20.3 Å². The van der Waals surface area contributed by atoms with Gasteiger partial charge in [-0.2, -0.15) is 0 Å². The van der Waals surface area contributed by atoms with Gasteiger partial charge in [-0.1, -0.05) is 32.4 Å². The maximum absolute atomic E-state index is 6.25. The first-order valence-corrected chi connectivity index (χ1v) is 10.0. The fourth-order valence-electron chi connectivity index (χ4n) is 4.20. The van der Waals surface area contributed by atoms with E-state index in [9.17, 15) is 0 Å². The molecule has 0 saturated heterocycles. The number of halogens is 1. The maximum Gasteiger partial charge on any atom is 0.124 e. The van der Waals surface area contributed by atoms with Crippen molar-refractivity contribution in [1.82, 2.24) is 10.3 Å². The third-order valence-corrected chi connectivity index (χ3v) is 5.82. The predicted octanol–water partition coefficient (Wildman–Crippen LogP) is 5.37. The smallest absolute Gasteiger partial charge is 0.124 e. The largest absolute Gasteiger partial charge is 0.496 e. The predicted molar refractivity (Wildman–Crippen MR) is 115 cm³/mol. The lowest BCUT2D eigenvalue weighted by molar-refractivity contribution is 0.380. The number of aromatic amines is 1. The molecule has 2 heterocycles. The molecule has 5 heteroatoms. The zero-order valence-electron chi connectivity index (χ0n) is 17.1. The normalized spacial score (nSPS) is 16.9. The average Bonchev–Trinajstić information content (AvgIpc) is 3.04. The molecule has 0 aliphatic carbocycles. The Morgan fingerprint density at radius 2 is 1.79 bits per heavy atom. The van der Waals surface area contributed by atoms with Crippen molar-refractivity contribution >= 4 is 22.5 Å². The molecule has 3 aromatic rings. The second kappa shape index (κ2) is 7.02. The van der Waals surface area contributed by atoms with Crippen LogP contribution in [0.1, 0.15) is 49.2 Å². The number of aromatic nitrogens is 1. The van der Waals surface area contributed by atoms with Crippen molar-refractivity contribution in [2.24, 2.45) is 0 Å². The zero-order chi connectivity index (χ0) is 20.1. The number of hydrogen-bond acceptors (Lipinski definition) is 3. The van der Waals surface area contributed by atoms with Crippen LogP contribution in [0, 0.1) is 0 Å². The number of H-pyrrole nitrogens is 1. The lowest BCUT2D eigenvalue weighted by Crippen LogP contribution is -2.31. The molecule has 1 aromatic heterocycles. The summed E-state index contributed by atoms with van der Waals surface area (Å²) in [5, 5.41) is 5.61. The van der Waals surface area contributed by atoms with E-state index in [1.165, 1.54) is 16.6 Å². The minimum Gasteiger partial charge on any atom is -0.496 e. The molecule has 4 rings (SSSR count). The summed E-state index contributed by atoms with van der Waals surface area (Å²) in [5.74, 6) is 1.75. The molecule has 1 unspecified atom stereocenters. The van der Waals surface area contributed by atoms with E-state index >= 15 is 0 Å². The van der Waals surface area contributed by atoms with Gasteiger partial charge in [0.1, 0.15) is 11.5 Å². The maximum atomic E-state index is 6.25. The van der Waals surface area contributed by atoms with Gasteiger partial charge in [-0.15, -0.1) is 0 Å². The number of hydrogen-bond donors (Lipinski definition) is 2. The highest BCUT2D eigenvalue weighted by atomic mass is 35.5. The quantitative estimate of drug-likeness (QED) is 0.623. The molecule has 1 atom stereocenters. The molecule has 148 valence electrons. The zero-order valence-corrected chi connectivity index (χ0v) is 17.8. The Morgan fingerprint density at radius 1 is 1.04 bits per heavy atom. The summed E-state index contributed by atoms with van der Waals surface area (Å²) in [4.78, 5) is 3.61.